The van der Waals surface area contributed by atoms with Crippen LogP contribution >= 0.6 is 11.8 Å². The van der Waals surface area contributed by atoms with Gasteiger partial charge in [-0.2, -0.15) is 0 Å². The number of carboxylic acid groups (broad SMARTS) is 1. The third-order valence-corrected chi connectivity index (χ3v) is 4.26. The molecule has 25 heavy (non-hydrogen) atoms. The van der Waals surface area contributed by atoms with Crippen molar-refractivity contribution in [3.63, 3.8) is 0 Å². The van der Waals surface area contributed by atoms with Gasteiger partial charge in [0.25, 0.3) is 5.91 Å². The van der Waals surface area contributed by atoms with E-state index >= 15 is 0 Å². The fourth-order valence-electron chi connectivity index (χ4n) is 2.20. The van der Waals surface area contributed by atoms with E-state index in [1.54, 1.807) is 42.6 Å². The zero-order chi connectivity index (χ0) is 17.8. The molecule has 3 aromatic rings. The van der Waals surface area contributed by atoms with Crippen LogP contribution in [0.3, 0.4) is 0 Å². The fourth-order valence-corrected chi connectivity index (χ4v) is 3.08. The molecule has 3 rings (SSSR count). The van der Waals surface area contributed by atoms with Crippen LogP contribution in [-0.2, 0) is 4.79 Å². The van der Waals surface area contributed by atoms with Gasteiger partial charge in [0.15, 0.2) is 11.4 Å². The summed E-state index contributed by atoms with van der Waals surface area (Å²) < 4.78 is 0. The van der Waals surface area contributed by atoms with Gasteiger partial charge in [0.05, 0.1) is 0 Å². The van der Waals surface area contributed by atoms with E-state index < -0.39 is 18.4 Å². The number of hydrogen-bond acceptors (Lipinski definition) is 6. The lowest BCUT2D eigenvalue weighted by molar-refractivity contribution is -0.135. The number of hydrogen-bond donors (Lipinski definition) is 3. The zero-order valence-corrected chi connectivity index (χ0v) is 13.7. The second-order valence-electron chi connectivity index (χ2n) is 5.01. The number of aromatic nitrogens is 2. The average Bonchev–Trinajstić information content (AvgIpc) is 2.63. The number of nitrogens with one attached hydrogen (secondary N) is 1. The standard InChI is InChI=1S/C17H13N3O4S/c21-13(22)9-19-16(24)14-15(23)10-5-1-2-6-11(10)17(20-14)25-12-7-3-4-8-18-12/h1-8,23H,9H2,(H,19,24)(H,21,22). The molecule has 126 valence electrons. The molecular weight excluding hydrogens is 342 g/mol. The van der Waals surface area contributed by atoms with Crippen LogP contribution in [0.2, 0.25) is 0 Å². The number of carbonyl (C=O) groups excluding carboxylic acids is 1. The lowest BCUT2D eigenvalue weighted by atomic mass is 10.1. The van der Waals surface area contributed by atoms with Crippen LogP contribution in [0.5, 0.6) is 5.75 Å². The highest BCUT2D eigenvalue weighted by atomic mass is 32.2. The number of amides is 1. The van der Waals surface area contributed by atoms with Crippen molar-refractivity contribution >= 4 is 34.4 Å². The Balaban J connectivity index is 2.07. The lowest BCUT2D eigenvalue weighted by Gasteiger charge is -2.11. The quantitative estimate of drug-likeness (QED) is 0.644. The molecule has 0 aliphatic carbocycles. The summed E-state index contributed by atoms with van der Waals surface area (Å²) in [5, 5.41) is 23.6. The van der Waals surface area contributed by atoms with Crippen LogP contribution in [0.1, 0.15) is 10.5 Å². The largest absolute Gasteiger partial charge is 0.505 e. The van der Waals surface area contributed by atoms with Gasteiger partial charge >= 0.3 is 5.97 Å². The molecule has 0 aliphatic heterocycles. The van der Waals surface area contributed by atoms with Crippen LogP contribution in [0.4, 0.5) is 0 Å². The third-order valence-electron chi connectivity index (χ3n) is 3.30. The third kappa shape index (κ3) is 3.69. The Morgan fingerprint density at radius 3 is 2.48 bits per heavy atom. The molecule has 2 aromatic heterocycles. The summed E-state index contributed by atoms with van der Waals surface area (Å²) >= 11 is 1.25. The number of pyridine rings is 2. The summed E-state index contributed by atoms with van der Waals surface area (Å²) in [6, 6.07) is 12.4. The van der Waals surface area contributed by atoms with E-state index in [-0.39, 0.29) is 11.4 Å². The van der Waals surface area contributed by atoms with Crippen molar-refractivity contribution in [1.82, 2.24) is 15.3 Å². The second-order valence-corrected chi connectivity index (χ2v) is 6.02. The van der Waals surface area contributed by atoms with Crippen molar-refractivity contribution in [2.24, 2.45) is 0 Å². The van der Waals surface area contributed by atoms with Crippen molar-refractivity contribution in [1.29, 1.82) is 0 Å². The van der Waals surface area contributed by atoms with E-state index in [9.17, 15) is 14.7 Å². The highest BCUT2D eigenvalue weighted by Gasteiger charge is 2.20. The first-order valence-corrected chi connectivity index (χ1v) is 8.08. The van der Waals surface area contributed by atoms with E-state index in [4.69, 9.17) is 5.11 Å². The van der Waals surface area contributed by atoms with Gasteiger partial charge in [-0.05, 0) is 23.9 Å². The number of aliphatic carboxylic acids is 1. The molecule has 0 atom stereocenters. The topological polar surface area (TPSA) is 112 Å². The molecule has 0 fully saturated rings. The van der Waals surface area contributed by atoms with Crippen LogP contribution < -0.4 is 5.32 Å². The predicted octanol–water partition coefficient (Wildman–Crippen LogP) is 2.30. The molecule has 7 nitrogen and oxygen atoms in total. The summed E-state index contributed by atoms with van der Waals surface area (Å²) in [5.41, 5.74) is -0.224. The molecule has 0 spiro atoms. The van der Waals surface area contributed by atoms with Gasteiger partial charge in [-0.15, -0.1) is 0 Å². The van der Waals surface area contributed by atoms with E-state index in [2.05, 4.69) is 15.3 Å². The normalized spacial score (nSPS) is 10.6. The monoisotopic (exact) mass is 355 g/mol. The number of fused-ring (bicyclic) bond motifs is 1. The minimum Gasteiger partial charge on any atom is -0.505 e. The van der Waals surface area contributed by atoms with Gasteiger partial charge in [0, 0.05) is 17.0 Å². The van der Waals surface area contributed by atoms with Gasteiger partial charge in [0.1, 0.15) is 16.6 Å². The summed E-state index contributed by atoms with van der Waals surface area (Å²) in [6.07, 6.45) is 1.64. The Labute approximate surface area is 146 Å². The molecule has 2 heterocycles. The summed E-state index contributed by atoms with van der Waals surface area (Å²) in [7, 11) is 0. The molecular formula is C17H13N3O4S. The number of rotatable bonds is 5. The van der Waals surface area contributed by atoms with E-state index in [0.29, 0.717) is 20.8 Å². The van der Waals surface area contributed by atoms with Crippen molar-refractivity contribution in [2.45, 2.75) is 10.1 Å². The Morgan fingerprint density at radius 1 is 1.08 bits per heavy atom. The van der Waals surface area contributed by atoms with E-state index in [0.717, 1.165) is 0 Å². The first kappa shape index (κ1) is 16.7. The van der Waals surface area contributed by atoms with E-state index in [1.807, 2.05) is 6.07 Å². The molecule has 3 N–H and O–H groups in total. The lowest BCUT2D eigenvalue weighted by Crippen LogP contribution is -2.30. The molecule has 1 amide bonds. The first-order chi connectivity index (χ1) is 12.1. The van der Waals surface area contributed by atoms with Gasteiger partial charge in [-0.1, -0.05) is 30.3 Å². The molecule has 0 bridgehead atoms. The molecule has 1 aromatic carbocycles. The van der Waals surface area contributed by atoms with Gasteiger partial charge in [0.2, 0.25) is 0 Å². The van der Waals surface area contributed by atoms with Crippen molar-refractivity contribution < 1.29 is 19.8 Å². The number of aromatic hydroxyl groups is 1. The smallest absolute Gasteiger partial charge is 0.322 e. The maximum absolute atomic E-state index is 12.2. The molecule has 0 unspecified atom stereocenters. The zero-order valence-electron chi connectivity index (χ0n) is 12.8. The number of carbonyl (C=O) groups is 2. The highest BCUT2D eigenvalue weighted by molar-refractivity contribution is 7.99. The van der Waals surface area contributed by atoms with Crippen LogP contribution in [0.15, 0.2) is 58.7 Å². The van der Waals surface area contributed by atoms with Gasteiger partial charge < -0.3 is 15.5 Å². The first-order valence-electron chi connectivity index (χ1n) is 7.27. The summed E-state index contributed by atoms with van der Waals surface area (Å²) in [5.74, 6) is -2.23. The maximum Gasteiger partial charge on any atom is 0.322 e. The molecule has 8 heteroatoms. The SMILES string of the molecule is O=C(O)CNC(=O)c1nc(Sc2ccccn2)c2ccccc2c1O. The molecule has 0 radical (unpaired) electrons. The Morgan fingerprint density at radius 2 is 1.80 bits per heavy atom. The molecule has 0 aliphatic rings. The van der Waals surface area contributed by atoms with Gasteiger partial charge in [-0.25, -0.2) is 9.97 Å². The Bertz CT molecular complexity index is 947. The second kappa shape index (κ2) is 7.18. The minimum atomic E-state index is -1.18. The minimum absolute atomic E-state index is 0.224. The van der Waals surface area contributed by atoms with E-state index in [1.165, 1.54) is 11.8 Å². The van der Waals surface area contributed by atoms with Crippen LogP contribution in [0, 0.1) is 0 Å². The molecule has 0 saturated heterocycles. The Hall–Kier alpha value is -3.13. The maximum atomic E-state index is 12.2. The van der Waals surface area contributed by atoms with Gasteiger partial charge in [-0.3, -0.25) is 9.59 Å². The Kier molecular flexibility index (Phi) is 4.80. The van der Waals surface area contributed by atoms with Crippen molar-refractivity contribution in [2.75, 3.05) is 6.54 Å². The predicted molar refractivity (Wildman–Crippen MR) is 91.7 cm³/mol. The average molecular weight is 355 g/mol. The van der Waals surface area contributed by atoms with Crippen LogP contribution in [0.25, 0.3) is 10.8 Å². The fraction of sp³-hybridized carbons (Fsp3) is 0.0588. The number of carboxylic acids is 1. The summed E-state index contributed by atoms with van der Waals surface area (Å²) in [4.78, 5) is 31.3. The van der Waals surface area contributed by atoms with Crippen molar-refractivity contribution in [3.8, 4) is 5.75 Å². The highest BCUT2D eigenvalue weighted by Crippen LogP contribution is 2.36. The number of benzene rings is 1. The number of nitrogens with zero attached hydrogens (tertiary/aromatic N) is 2. The van der Waals surface area contributed by atoms with Crippen LogP contribution in [-0.4, -0.2) is 38.6 Å². The molecule has 0 saturated carbocycles. The summed E-state index contributed by atoms with van der Waals surface area (Å²) in [6.45, 7) is -0.560. The van der Waals surface area contributed by atoms with Crippen molar-refractivity contribution in [3.05, 3.63) is 54.4 Å².